The van der Waals surface area contributed by atoms with Gasteiger partial charge >= 0.3 is 5.97 Å². The predicted molar refractivity (Wildman–Crippen MR) is 150 cm³/mol. The zero-order valence-corrected chi connectivity index (χ0v) is 23.7. The minimum absolute atomic E-state index is 0.0139. The zero-order valence-electron chi connectivity index (χ0n) is 23.7. The van der Waals surface area contributed by atoms with E-state index < -0.39 is 64.7 Å². The van der Waals surface area contributed by atoms with Crippen molar-refractivity contribution in [2.45, 2.75) is 43.4 Å². The Balaban J connectivity index is 1.63. The van der Waals surface area contributed by atoms with E-state index in [0.717, 1.165) is 11.1 Å². The number of aromatic hydroxyl groups is 1. The lowest BCUT2D eigenvalue weighted by Gasteiger charge is -2.53. The third kappa shape index (κ3) is 4.14. The second-order valence-electron chi connectivity index (χ2n) is 11.6. The zero-order chi connectivity index (χ0) is 30.8. The fourth-order valence-electron chi connectivity index (χ4n) is 7.14. The number of phenols is 1. The monoisotopic (exact) mass is 578 g/mol. The average Bonchev–Trinajstić information content (AvgIpc) is 2.94. The van der Waals surface area contributed by atoms with Gasteiger partial charge in [-0.05, 0) is 68.1 Å². The van der Waals surface area contributed by atoms with E-state index >= 15 is 0 Å². The van der Waals surface area contributed by atoms with Gasteiger partial charge in [0.05, 0.1) is 24.7 Å². The molecule has 0 heterocycles. The Morgan fingerprint density at radius 1 is 1.10 bits per heavy atom. The summed E-state index contributed by atoms with van der Waals surface area (Å²) in [5.74, 6) is -8.70. The molecule has 0 bridgehead atoms. The number of amides is 1. The van der Waals surface area contributed by atoms with Crippen LogP contribution in [0.2, 0.25) is 0 Å². The number of carbonyl (C=O) groups excluding carboxylic acids is 4. The van der Waals surface area contributed by atoms with Gasteiger partial charge in [0.2, 0.25) is 11.7 Å². The van der Waals surface area contributed by atoms with Crippen LogP contribution in [-0.2, 0) is 30.3 Å². The van der Waals surface area contributed by atoms with Gasteiger partial charge in [-0.2, -0.15) is 0 Å². The Morgan fingerprint density at radius 2 is 1.74 bits per heavy atom. The van der Waals surface area contributed by atoms with Crippen molar-refractivity contribution >= 4 is 29.2 Å². The molecule has 0 saturated heterocycles. The number of primary amides is 1. The number of Topliss-reactive ketones (excluding diaryl/α,β-unsaturated/α-hetero) is 2. The summed E-state index contributed by atoms with van der Waals surface area (Å²) in [6.45, 7) is 1.73. The van der Waals surface area contributed by atoms with Crippen LogP contribution in [0.5, 0.6) is 5.75 Å². The van der Waals surface area contributed by atoms with Gasteiger partial charge in [0.25, 0.3) is 0 Å². The SMILES string of the molecule is COC(=O)C(C)c1ccc(-c2ccc(O)c3c2C[C@@H]2C[C@@H]4[C@@H](N(C)C)C(O)C(C(N)=O)C(=O)[C@]4(O)C(=O)C2=C3O)cc1. The summed E-state index contributed by atoms with van der Waals surface area (Å²) in [6.07, 6.45) is -1.34. The van der Waals surface area contributed by atoms with Gasteiger partial charge in [-0.25, -0.2) is 0 Å². The third-order valence-electron chi connectivity index (χ3n) is 9.25. The maximum atomic E-state index is 14.0. The Kier molecular flexibility index (Phi) is 7.24. The summed E-state index contributed by atoms with van der Waals surface area (Å²) in [5.41, 5.74) is 5.24. The summed E-state index contributed by atoms with van der Waals surface area (Å²) in [5, 5.41) is 45.0. The standard InChI is InChI=1S/C31H34N2O9/c1-13(30(40)42-4)14-5-7-15(8-6-14)17-9-10-20(34)22-18(17)11-16-12-19-24(33(2)3)26(36)23(29(32)39)28(38)31(19,41)27(37)21(16)25(22)35/h5-10,13,16,19,23-24,26,34-36,41H,11-12H2,1-4H3,(H2,32,39)/t13?,16-,19-,23?,24-,26?,31-/m1/s1. The quantitative estimate of drug-likeness (QED) is 0.254. The van der Waals surface area contributed by atoms with Crippen molar-refractivity contribution in [3.63, 3.8) is 0 Å². The first kappa shape index (κ1) is 29.4. The number of methoxy groups -OCH3 is 1. The molecule has 1 amide bonds. The average molecular weight is 579 g/mol. The molecule has 6 N–H and O–H groups in total. The van der Waals surface area contributed by atoms with Gasteiger partial charge in [-0.3, -0.25) is 19.2 Å². The van der Waals surface area contributed by atoms with Gasteiger partial charge in [0.1, 0.15) is 17.4 Å². The molecule has 0 aliphatic heterocycles. The van der Waals surface area contributed by atoms with E-state index in [4.69, 9.17) is 10.5 Å². The first-order valence-corrected chi connectivity index (χ1v) is 13.7. The fraction of sp³-hybridized carbons (Fsp3) is 0.419. The highest BCUT2D eigenvalue weighted by Crippen LogP contribution is 2.53. The van der Waals surface area contributed by atoms with Crippen LogP contribution in [0.25, 0.3) is 16.9 Å². The number of ether oxygens (including phenoxy) is 1. The molecule has 0 radical (unpaired) electrons. The maximum Gasteiger partial charge on any atom is 0.312 e. The number of nitrogens with zero attached hydrogens (tertiary/aromatic N) is 1. The van der Waals surface area contributed by atoms with Crippen LogP contribution in [0.15, 0.2) is 42.0 Å². The number of rotatable bonds is 5. The molecule has 3 unspecified atom stereocenters. The Hall–Kier alpha value is -4.06. The number of aliphatic hydroxyl groups is 3. The van der Waals surface area contributed by atoms with Gasteiger partial charge in [0, 0.05) is 17.5 Å². The normalized spacial score (nSPS) is 29.5. The lowest BCUT2D eigenvalue weighted by molar-refractivity contribution is -0.184. The van der Waals surface area contributed by atoms with Crippen molar-refractivity contribution < 1.29 is 44.3 Å². The van der Waals surface area contributed by atoms with Crippen LogP contribution in [0, 0.1) is 17.8 Å². The Morgan fingerprint density at radius 3 is 2.31 bits per heavy atom. The first-order chi connectivity index (χ1) is 19.7. The van der Waals surface area contributed by atoms with Crippen molar-refractivity contribution in [1.29, 1.82) is 0 Å². The molecule has 11 nitrogen and oxygen atoms in total. The molecule has 222 valence electrons. The summed E-state index contributed by atoms with van der Waals surface area (Å²) in [6, 6.07) is 9.31. The van der Waals surface area contributed by atoms with E-state index in [9.17, 15) is 39.6 Å². The number of ketones is 2. The predicted octanol–water partition coefficient (Wildman–Crippen LogP) is 1.07. The van der Waals surface area contributed by atoms with Gasteiger partial charge < -0.3 is 35.8 Å². The van der Waals surface area contributed by atoms with Crippen molar-refractivity contribution in [2.75, 3.05) is 21.2 Å². The van der Waals surface area contributed by atoms with Crippen LogP contribution < -0.4 is 5.73 Å². The molecular weight excluding hydrogens is 544 g/mol. The highest BCUT2D eigenvalue weighted by atomic mass is 16.5. The molecular formula is C31H34N2O9. The van der Waals surface area contributed by atoms with Crippen LogP contribution in [0.3, 0.4) is 0 Å². The second-order valence-corrected chi connectivity index (χ2v) is 11.6. The van der Waals surface area contributed by atoms with Crippen LogP contribution >= 0.6 is 0 Å². The summed E-state index contributed by atoms with van der Waals surface area (Å²) in [7, 11) is 4.53. The number of fused-ring (bicyclic) bond motifs is 3. The van der Waals surface area contributed by atoms with Crippen molar-refractivity contribution in [2.24, 2.45) is 23.5 Å². The molecule has 42 heavy (non-hydrogen) atoms. The number of nitrogens with two attached hydrogens (primary N) is 1. The number of likely N-dealkylation sites (N-methyl/N-ethyl adjacent to an activating group) is 1. The van der Waals surface area contributed by atoms with Crippen LogP contribution in [-0.4, -0.2) is 87.7 Å². The molecule has 2 aromatic rings. The minimum atomic E-state index is -2.70. The third-order valence-corrected chi connectivity index (χ3v) is 9.25. The number of carbonyl (C=O) groups is 4. The molecule has 2 saturated carbocycles. The minimum Gasteiger partial charge on any atom is -0.507 e. The van der Waals surface area contributed by atoms with E-state index in [1.807, 2.05) is 12.1 Å². The second kappa shape index (κ2) is 10.3. The molecule has 3 aliphatic rings. The number of hydrogen-bond donors (Lipinski definition) is 5. The van der Waals surface area contributed by atoms with E-state index in [1.54, 1.807) is 44.1 Å². The lowest BCUT2D eigenvalue weighted by atomic mass is 9.54. The van der Waals surface area contributed by atoms with Gasteiger partial charge in [-0.15, -0.1) is 0 Å². The van der Waals surface area contributed by atoms with E-state index in [2.05, 4.69) is 0 Å². The summed E-state index contributed by atoms with van der Waals surface area (Å²) < 4.78 is 4.83. The molecule has 2 aromatic carbocycles. The molecule has 2 fully saturated rings. The van der Waals surface area contributed by atoms with Crippen molar-refractivity contribution in [3.05, 3.63) is 58.7 Å². The molecule has 7 atom stereocenters. The molecule has 11 heteroatoms. The van der Waals surface area contributed by atoms with Gasteiger partial charge in [-0.1, -0.05) is 30.3 Å². The number of aliphatic hydroxyl groups excluding tert-OH is 2. The molecule has 5 rings (SSSR count). The number of benzene rings is 2. The highest BCUT2D eigenvalue weighted by molar-refractivity contribution is 6.25. The van der Waals surface area contributed by atoms with Crippen LogP contribution in [0.1, 0.15) is 36.0 Å². The van der Waals surface area contributed by atoms with Crippen LogP contribution in [0.4, 0.5) is 0 Å². The van der Waals surface area contributed by atoms with E-state index in [-0.39, 0.29) is 35.7 Å². The first-order valence-electron chi connectivity index (χ1n) is 13.7. The lowest BCUT2D eigenvalue weighted by Crippen LogP contribution is -2.73. The summed E-state index contributed by atoms with van der Waals surface area (Å²) in [4.78, 5) is 53.1. The van der Waals surface area contributed by atoms with Crippen molar-refractivity contribution in [3.8, 4) is 16.9 Å². The maximum absolute atomic E-state index is 14.0. The van der Waals surface area contributed by atoms with Crippen molar-refractivity contribution in [1.82, 2.24) is 4.90 Å². The number of phenolic OH excluding ortho intramolecular Hbond substituents is 1. The Bertz CT molecular complexity index is 1530. The Labute approximate surface area is 242 Å². The summed E-state index contributed by atoms with van der Waals surface area (Å²) >= 11 is 0. The number of hydrogen-bond acceptors (Lipinski definition) is 10. The largest absolute Gasteiger partial charge is 0.507 e. The smallest absolute Gasteiger partial charge is 0.312 e. The highest BCUT2D eigenvalue weighted by Gasteiger charge is 2.67. The van der Waals surface area contributed by atoms with E-state index in [0.29, 0.717) is 11.1 Å². The van der Waals surface area contributed by atoms with E-state index in [1.165, 1.54) is 13.2 Å². The topological polar surface area (TPSA) is 188 Å². The van der Waals surface area contributed by atoms with Gasteiger partial charge in [0.15, 0.2) is 11.4 Å². The molecule has 3 aliphatic carbocycles. The fourth-order valence-corrected chi connectivity index (χ4v) is 7.14. The molecule has 0 aromatic heterocycles. The number of esters is 1. The molecule has 0 spiro atoms.